The second kappa shape index (κ2) is 5.63. The molecule has 0 aliphatic heterocycles. The smallest absolute Gasteiger partial charge is 0.335 e. The first-order chi connectivity index (χ1) is 9.38. The SMILES string of the molecule is Cc1cc(F)c(Br)cc1Nc1ccc(C(=O)O)c(C)c1. The van der Waals surface area contributed by atoms with Crippen LogP contribution in [-0.2, 0) is 0 Å². The monoisotopic (exact) mass is 337 g/mol. The molecule has 20 heavy (non-hydrogen) atoms. The Morgan fingerprint density at radius 3 is 2.50 bits per heavy atom. The number of aromatic carboxylic acids is 1. The average molecular weight is 338 g/mol. The largest absolute Gasteiger partial charge is 0.478 e. The summed E-state index contributed by atoms with van der Waals surface area (Å²) < 4.78 is 13.7. The zero-order valence-corrected chi connectivity index (χ0v) is 12.6. The molecule has 0 amide bonds. The Morgan fingerprint density at radius 2 is 1.90 bits per heavy atom. The number of carbonyl (C=O) groups is 1. The quantitative estimate of drug-likeness (QED) is 0.857. The summed E-state index contributed by atoms with van der Waals surface area (Å²) in [6.07, 6.45) is 0. The lowest BCUT2D eigenvalue weighted by molar-refractivity contribution is 0.0696. The minimum absolute atomic E-state index is 0.271. The van der Waals surface area contributed by atoms with Gasteiger partial charge in [-0.2, -0.15) is 0 Å². The standard InChI is InChI=1S/C15H13BrFNO2/c1-8-5-10(3-4-11(8)15(19)20)18-14-7-12(16)13(17)6-9(14)2/h3-7,18H,1-2H3,(H,19,20). The van der Waals surface area contributed by atoms with E-state index in [-0.39, 0.29) is 11.4 Å². The molecule has 3 nitrogen and oxygen atoms in total. The summed E-state index contributed by atoms with van der Waals surface area (Å²) in [5.74, 6) is -1.26. The Bertz CT molecular complexity index is 686. The highest BCUT2D eigenvalue weighted by Gasteiger charge is 2.09. The van der Waals surface area contributed by atoms with Crippen molar-refractivity contribution < 1.29 is 14.3 Å². The van der Waals surface area contributed by atoms with Gasteiger partial charge in [-0.25, -0.2) is 9.18 Å². The molecule has 2 aromatic carbocycles. The van der Waals surface area contributed by atoms with Crippen molar-refractivity contribution in [1.82, 2.24) is 0 Å². The summed E-state index contributed by atoms with van der Waals surface area (Å²) in [5, 5.41) is 12.1. The third kappa shape index (κ3) is 2.99. The molecule has 2 aromatic rings. The first kappa shape index (κ1) is 14.5. The van der Waals surface area contributed by atoms with E-state index in [4.69, 9.17) is 5.11 Å². The second-order valence-corrected chi connectivity index (χ2v) is 5.40. The number of anilines is 2. The van der Waals surface area contributed by atoms with Crippen molar-refractivity contribution >= 4 is 33.3 Å². The van der Waals surface area contributed by atoms with Crippen molar-refractivity contribution in [2.24, 2.45) is 0 Å². The van der Waals surface area contributed by atoms with Crippen molar-refractivity contribution in [3.8, 4) is 0 Å². The molecule has 0 atom stereocenters. The molecule has 0 saturated heterocycles. The number of carboxylic acid groups (broad SMARTS) is 1. The van der Waals surface area contributed by atoms with Gasteiger partial charge in [0, 0.05) is 11.4 Å². The number of nitrogens with one attached hydrogen (secondary N) is 1. The van der Waals surface area contributed by atoms with E-state index in [0.717, 1.165) is 16.9 Å². The number of aryl methyl sites for hydroxylation is 2. The van der Waals surface area contributed by atoms with Crippen LogP contribution in [0.5, 0.6) is 0 Å². The number of rotatable bonds is 3. The van der Waals surface area contributed by atoms with E-state index in [0.29, 0.717) is 10.0 Å². The van der Waals surface area contributed by atoms with E-state index in [1.165, 1.54) is 6.07 Å². The first-order valence-electron chi connectivity index (χ1n) is 5.95. The Hall–Kier alpha value is -1.88. The zero-order valence-electron chi connectivity index (χ0n) is 11.0. The average Bonchev–Trinajstić information content (AvgIpc) is 2.35. The fourth-order valence-corrected chi connectivity index (χ4v) is 2.26. The summed E-state index contributed by atoms with van der Waals surface area (Å²) in [7, 11) is 0. The van der Waals surface area contributed by atoms with Crippen LogP contribution >= 0.6 is 15.9 Å². The molecule has 0 radical (unpaired) electrons. The predicted molar refractivity (Wildman–Crippen MR) is 80.3 cm³/mol. The highest BCUT2D eigenvalue weighted by molar-refractivity contribution is 9.10. The molecule has 0 fully saturated rings. The summed E-state index contributed by atoms with van der Waals surface area (Å²) >= 11 is 3.15. The van der Waals surface area contributed by atoms with Crippen molar-refractivity contribution in [3.05, 3.63) is 57.3 Å². The van der Waals surface area contributed by atoms with Gasteiger partial charge in [0.25, 0.3) is 0 Å². The summed E-state index contributed by atoms with van der Waals surface area (Å²) in [4.78, 5) is 11.0. The summed E-state index contributed by atoms with van der Waals surface area (Å²) in [5.41, 5.74) is 3.23. The van der Waals surface area contributed by atoms with Gasteiger partial charge in [0.15, 0.2) is 0 Å². The second-order valence-electron chi connectivity index (χ2n) is 4.54. The van der Waals surface area contributed by atoms with Gasteiger partial charge in [-0.3, -0.25) is 0 Å². The zero-order chi connectivity index (χ0) is 14.9. The van der Waals surface area contributed by atoms with E-state index in [1.807, 2.05) is 0 Å². The molecule has 0 spiro atoms. The highest BCUT2D eigenvalue weighted by atomic mass is 79.9. The molecular formula is C15H13BrFNO2. The van der Waals surface area contributed by atoms with Gasteiger partial charge in [0.05, 0.1) is 10.0 Å². The maximum atomic E-state index is 13.4. The number of hydrogen-bond acceptors (Lipinski definition) is 2. The van der Waals surface area contributed by atoms with E-state index in [2.05, 4.69) is 21.2 Å². The predicted octanol–water partition coefficient (Wildman–Crippen LogP) is 4.65. The summed E-state index contributed by atoms with van der Waals surface area (Å²) in [6.45, 7) is 3.54. The maximum Gasteiger partial charge on any atom is 0.335 e. The number of carboxylic acids is 1. The molecule has 0 aromatic heterocycles. The Kier molecular flexibility index (Phi) is 4.09. The lowest BCUT2D eigenvalue weighted by Gasteiger charge is -2.12. The molecule has 0 aliphatic rings. The van der Waals surface area contributed by atoms with E-state index < -0.39 is 5.97 Å². The van der Waals surface area contributed by atoms with Crippen molar-refractivity contribution in [2.45, 2.75) is 13.8 Å². The van der Waals surface area contributed by atoms with Gasteiger partial charge >= 0.3 is 5.97 Å². The third-order valence-electron chi connectivity index (χ3n) is 3.00. The van der Waals surface area contributed by atoms with Crippen molar-refractivity contribution in [3.63, 3.8) is 0 Å². The Balaban J connectivity index is 2.33. The van der Waals surface area contributed by atoms with E-state index >= 15 is 0 Å². The van der Waals surface area contributed by atoms with Crippen LogP contribution in [0.2, 0.25) is 0 Å². The molecular weight excluding hydrogens is 325 g/mol. The van der Waals surface area contributed by atoms with Crippen LogP contribution in [0.1, 0.15) is 21.5 Å². The highest BCUT2D eigenvalue weighted by Crippen LogP contribution is 2.27. The van der Waals surface area contributed by atoms with Gasteiger partial charge in [-0.15, -0.1) is 0 Å². The molecule has 2 rings (SSSR count). The topological polar surface area (TPSA) is 49.3 Å². The van der Waals surface area contributed by atoms with E-state index in [1.54, 1.807) is 38.1 Å². The molecule has 5 heteroatoms. The van der Waals surface area contributed by atoms with Crippen molar-refractivity contribution in [2.75, 3.05) is 5.32 Å². The molecule has 0 bridgehead atoms. The van der Waals surface area contributed by atoms with Crippen LogP contribution in [0.15, 0.2) is 34.8 Å². The minimum Gasteiger partial charge on any atom is -0.478 e. The molecule has 104 valence electrons. The fraction of sp³-hybridized carbons (Fsp3) is 0.133. The van der Waals surface area contributed by atoms with Crippen LogP contribution in [0.25, 0.3) is 0 Å². The molecule has 0 unspecified atom stereocenters. The molecule has 0 heterocycles. The van der Waals surface area contributed by atoms with Crippen LogP contribution in [0.4, 0.5) is 15.8 Å². The summed E-state index contributed by atoms with van der Waals surface area (Å²) in [6, 6.07) is 8.08. The Morgan fingerprint density at radius 1 is 1.20 bits per heavy atom. The van der Waals surface area contributed by atoms with Gasteiger partial charge in [-0.1, -0.05) is 0 Å². The number of hydrogen-bond donors (Lipinski definition) is 2. The normalized spacial score (nSPS) is 10.4. The molecule has 2 N–H and O–H groups in total. The molecule has 0 saturated carbocycles. The van der Waals surface area contributed by atoms with Crippen LogP contribution in [0, 0.1) is 19.7 Å². The Labute approximate surface area is 124 Å². The number of benzene rings is 2. The van der Waals surface area contributed by atoms with Gasteiger partial charge in [0.1, 0.15) is 5.82 Å². The van der Waals surface area contributed by atoms with Crippen LogP contribution < -0.4 is 5.32 Å². The van der Waals surface area contributed by atoms with E-state index in [9.17, 15) is 9.18 Å². The third-order valence-corrected chi connectivity index (χ3v) is 3.61. The first-order valence-corrected chi connectivity index (χ1v) is 6.74. The lowest BCUT2D eigenvalue weighted by Crippen LogP contribution is -2.01. The van der Waals surface area contributed by atoms with Gasteiger partial charge < -0.3 is 10.4 Å². The molecule has 0 aliphatic carbocycles. The lowest BCUT2D eigenvalue weighted by atomic mass is 10.1. The fourth-order valence-electron chi connectivity index (χ4n) is 1.92. The minimum atomic E-state index is -0.949. The van der Waals surface area contributed by atoms with Gasteiger partial charge in [-0.05, 0) is 71.2 Å². The van der Waals surface area contributed by atoms with Crippen LogP contribution in [-0.4, -0.2) is 11.1 Å². The number of halogens is 2. The van der Waals surface area contributed by atoms with Gasteiger partial charge in [0.2, 0.25) is 0 Å². The maximum absolute atomic E-state index is 13.4. The van der Waals surface area contributed by atoms with Crippen molar-refractivity contribution in [1.29, 1.82) is 0 Å². The van der Waals surface area contributed by atoms with Crippen LogP contribution in [0.3, 0.4) is 0 Å².